The molecule has 11 nitrogen and oxygen atoms in total. The fourth-order valence-corrected chi connectivity index (χ4v) is 4.93. The van der Waals surface area contributed by atoms with Gasteiger partial charge in [-0.05, 0) is 30.6 Å². The van der Waals surface area contributed by atoms with Crippen LogP contribution in [0.5, 0.6) is 5.75 Å². The van der Waals surface area contributed by atoms with Crippen LogP contribution in [-0.2, 0) is 38.0 Å². The van der Waals surface area contributed by atoms with Gasteiger partial charge in [-0.2, -0.15) is 8.78 Å². The number of amides is 1. The minimum Gasteiger partial charge on any atom is -0.449 e. The standard InChI is InChI=1S/C32H42F5NO10/c33-26-27(34)29(36)31(30(37)28(26)35)48-25(39)7-9-41-11-13-43-15-17-45-19-20-46-18-16-44-14-12-42-10-8-38-32(40)47-21-24-22-5-3-1-2-4-6-23(22)24/h22-24H,3-21H2,(H,38,40)/t22-,23+,24+. The van der Waals surface area contributed by atoms with Gasteiger partial charge in [-0.25, -0.2) is 18.0 Å². The minimum atomic E-state index is -2.35. The van der Waals surface area contributed by atoms with Gasteiger partial charge in [0.25, 0.3) is 0 Å². The zero-order valence-corrected chi connectivity index (χ0v) is 26.6. The van der Waals surface area contributed by atoms with E-state index in [-0.39, 0.29) is 26.4 Å². The van der Waals surface area contributed by atoms with E-state index < -0.39 is 53.3 Å². The summed E-state index contributed by atoms with van der Waals surface area (Å²) in [5.74, 6) is -6.06. The summed E-state index contributed by atoms with van der Waals surface area (Å²) in [7, 11) is 0. The van der Waals surface area contributed by atoms with Gasteiger partial charge >= 0.3 is 12.1 Å². The van der Waals surface area contributed by atoms with E-state index in [0.717, 1.165) is 25.7 Å². The van der Waals surface area contributed by atoms with Gasteiger partial charge in [0.15, 0.2) is 0 Å². The monoisotopic (exact) mass is 695 g/mol. The number of ether oxygens (including phenoxy) is 8. The van der Waals surface area contributed by atoms with Gasteiger partial charge in [-0.3, -0.25) is 4.79 Å². The maximum atomic E-state index is 13.5. The van der Waals surface area contributed by atoms with Crippen molar-refractivity contribution in [2.75, 3.05) is 92.4 Å². The molecule has 0 unspecified atom stereocenters. The van der Waals surface area contributed by atoms with Crippen LogP contribution in [0.3, 0.4) is 0 Å². The Kier molecular flexibility index (Phi) is 18.5. The molecular weight excluding hydrogens is 653 g/mol. The van der Waals surface area contributed by atoms with Crippen LogP contribution in [0, 0.1) is 58.7 Å². The number of rotatable bonds is 24. The quantitative estimate of drug-likeness (QED) is 0.0324. The number of carbonyl (C=O) groups is 2. The molecule has 2 aliphatic carbocycles. The lowest BCUT2D eigenvalue weighted by Gasteiger charge is -2.09. The molecule has 0 bridgehead atoms. The topological polar surface area (TPSA) is 120 Å². The molecule has 3 atom stereocenters. The van der Waals surface area contributed by atoms with Crippen molar-refractivity contribution in [2.24, 2.45) is 17.8 Å². The smallest absolute Gasteiger partial charge is 0.407 e. The van der Waals surface area contributed by atoms with Gasteiger partial charge in [0, 0.05) is 19.4 Å². The maximum Gasteiger partial charge on any atom is 0.407 e. The van der Waals surface area contributed by atoms with Crippen molar-refractivity contribution in [3.05, 3.63) is 29.1 Å². The van der Waals surface area contributed by atoms with Crippen molar-refractivity contribution in [2.45, 2.75) is 32.1 Å². The number of benzene rings is 1. The first-order valence-corrected chi connectivity index (χ1v) is 15.9. The largest absolute Gasteiger partial charge is 0.449 e. The Bertz CT molecular complexity index is 1170. The molecule has 0 radical (unpaired) electrons. The summed E-state index contributed by atoms with van der Waals surface area (Å²) in [5, 5.41) is 2.69. The number of carbonyl (C=O) groups excluding carboxylic acids is 2. The van der Waals surface area contributed by atoms with Crippen LogP contribution in [0.25, 0.3) is 0 Å². The van der Waals surface area contributed by atoms with Crippen LogP contribution >= 0.6 is 0 Å². The Morgan fingerprint density at radius 3 is 1.50 bits per heavy atom. The number of nitrogens with one attached hydrogen (secondary N) is 1. The Morgan fingerprint density at radius 1 is 0.604 bits per heavy atom. The summed E-state index contributed by atoms with van der Waals surface area (Å²) in [4.78, 5) is 23.5. The first-order valence-electron chi connectivity index (χ1n) is 15.9. The zero-order valence-electron chi connectivity index (χ0n) is 26.6. The summed E-state index contributed by atoms with van der Waals surface area (Å²) in [6, 6.07) is 0. The maximum absolute atomic E-state index is 13.5. The summed E-state index contributed by atoms with van der Waals surface area (Å²) < 4.78 is 108. The van der Waals surface area contributed by atoms with Crippen LogP contribution in [0.15, 0.2) is 0 Å². The SMILES string of the molecule is O=C(CCOCCOCCOCCOCCOCCOCCNC(=O)OC[C@H]1[C@@H]2CCC#CCC[C@@H]21)Oc1c(F)c(F)c(F)c(F)c1F. The average molecular weight is 696 g/mol. The highest BCUT2D eigenvalue weighted by molar-refractivity contribution is 5.72. The molecule has 270 valence electrons. The fraction of sp³-hybridized carbons (Fsp3) is 0.688. The molecule has 3 rings (SSSR count). The van der Waals surface area contributed by atoms with Crippen LogP contribution in [0.1, 0.15) is 32.1 Å². The van der Waals surface area contributed by atoms with Gasteiger partial charge in [-0.1, -0.05) is 0 Å². The highest BCUT2D eigenvalue weighted by atomic mass is 19.2. The first-order chi connectivity index (χ1) is 23.3. The van der Waals surface area contributed by atoms with E-state index in [1.807, 2.05) is 0 Å². The van der Waals surface area contributed by atoms with Crippen molar-refractivity contribution in [3.8, 4) is 17.6 Å². The van der Waals surface area contributed by atoms with Crippen molar-refractivity contribution in [1.82, 2.24) is 5.32 Å². The molecule has 48 heavy (non-hydrogen) atoms. The van der Waals surface area contributed by atoms with E-state index in [0.29, 0.717) is 83.8 Å². The molecule has 16 heteroatoms. The predicted molar refractivity (Wildman–Crippen MR) is 157 cm³/mol. The molecule has 1 amide bonds. The second kappa shape index (κ2) is 22.5. The highest BCUT2D eigenvalue weighted by Gasteiger charge is 2.49. The van der Waals surface area contributed by atoms with Crippen molar-refractivity contribution < 1.29 is 69.4 Å². The third kappa shape index (κ3) is 14.2. The molecule has 0 heterocycles. The van der Waals surface area contributed by atoms with Gasteiger partial charge in [0.05, 0.1) is 92.3 Å². The molecule has 1 N–H and O–H groups in total. The lowest BCUT2D eigenvalue weighted by Crippen LogP contribution is -2.29. The van der Waals surface area contributed by atoms with E-state index in [1.54, 1.807) is 0 Å². The summed E-state index contributed by atoms with van der Waals surface area (Å²) >= 11 is 0. The third-order valence-electron chi connectivity index (χ3n) is 7.46. The normalized spacial score (nSPS) is 18.2. The number of alkyl carbamates (subject to hydrolysis) is 1. The molecular formula is C32H42F5NO10. The molecule has 0 aromatic heterocycles. The molecule has 0 spiro atoms. The molecule has 1 aromatic carbocycles. The van der Waals surface area contributed by atoms with Crippen LogP contribution < -0.4 is 10.1 Å². The van der Waals surface area contributed by atoms with E-state index in [4.69, 9.17) is 33.2 Å². The lowest BCUT2D eigenvalue weighted by molar-refractivity contribution is -0.136. The molecule has 1 saturated carbocycles. The van der Waals surface area contributed by atoms with Crippen LogP contribution in [0.2, 0.25) is 0 Å². The Morgan fingerprint density at radius 2 is 1.02 bits per heavy atom. The molecule has 1 fully saturated rings. The summed E-state index contributed by atoms with van der Waals surface area (Å²) in [5.41, 5.74) is 0. The molecule has 0 aliphatic heterocycles. The number of hydrogen-bond donors (Lipinski definition) is 1. The number of halogens is 5. The molecule has 1 aromatic rings. The fourth-order valence-electron chi connectivity index (χ4n) is 4.93. The zero-order chi connectivity index (χ0) is 34.6. The Balaban J connectivity index is 1.00. The molecule has 0 saturated heterocycles. The average Bonchev–Trinajstić information content (AvgIpc) is 3.72. The Labute approximate surface area is 276 Å². The van der Waals surface area contributed by atoms with E-state index >= 15 is 0 Å². The lowest BCUT2D eigenvalue weighted by atomic mass is 10.1. The predicted octanol–water partition coefficient (Wildman–Crippen LogP) is 3.94. The highest BCUT2D eigenvalue weighted by Crippen LogP contribution is 2.52. The van der Waals surface area contributed by atoms with E-state index in [2.05, 4.69) is 21.9 Å². The third-order valence-corrected chi connectivity index (χ3v) is 7.46. The van der Waals surface area contributed by atoms with Crippen LogP contribution in [0.4, 0.5) is 26.7 Å². The van der Waals surface area contributed by atoms with Gasteiger partial charge in [0.1, 0.15) is 0 Å². The molecule has 2 aliphatic rings. The van der Waals surface area contributed by atoms with E-state index in [9.17, 15) is 31.5 Å². The van der Waals surface area contributed by atoms with Gasteiger partial charge < -0.3 is 43.2 Å². The minimum absolute atomic E-state index is 0.0769. The number of hydrogen-bond acceptors (Lipinski definition) is 10. The van der Waals surface area contributed by atoms with Gasteiger partial charge in [0.2, 0.25) is 34.8 Å². The van der Waals surface area contributed by atoms with Crippen molar-refractivity contribution in [3.63, 3.8) is 0 Å². The Hall–Kier alpha value is -3.07. The number of esters is 1. The van der Waals surface area contributed by atoms with Gasteiger partial charge in [-0.15, -0.1) is 11.8 Å². The summed E-state index contributed by atoms with van der Waals surface area (Å²) in [6.07, 6.45) is 3.15. The summed E-state index contributed by atoms with van der Waals surface area (Å²) in [6.45, 7) is 4.01. The van der Waals surface area contributed by atoms with Crippen molar-refractivity contribution in [1.29, 1.82) is 0 Å². The van der Waals surface area contributed by atoms with Crippen molar-refractivity contribution >= 4 is 12.1 Å². The first kappa shape index (κ1) is 39.4. The number of fused-ring (bicyclic) bond motifs is 1. The second-order valence-corrected chi connectivity index (χ2v) is 10.7. The van der Waals surface area contributed by atoms with E-state index in [1.165, 1.54) is 0 Å². The van der Waals surface area contributed by atoms with Crippen LogP contribution in [-0.4, -0.2) is 104 Å². The second-order valence-electron chi connectivity index (χ2n) is 10.7.